The fraction of sp³-hybridized carbons (Fsp3) is 0.133. The van der Waals surface area contributed by atoms with E-state index in [4.69, 9.17) is 16.3 Å². The lowest BCUT2D eigenvalue weighted by molar-refractivity contribution is 0.0216. The van der Waals surface area contributed by atoms with Gasteiger partial charge in [0.15, 0.2) is 18.0 Å². The van der Waals surface area contributed by atoms with Crippen LogP contribution in [-0.4, -0.2) is 17.0 Å². The van der Waals surface area contributed by atoms with E-state index in [2.05, 4.69) is 0 Å². The van der Waals surface area contributed by atoms with Gasteiger partial charge in [0.05, 0.1) is 5.56 Å². The van der Waals surface area contributed by atoms with E-state index in [-0.39, 0.29) is 5.78 Å². The molecule has 2 atom stereocenters. The third-order valence-electron chi connectivity index (χ3n) is 3.14. The summed E-state index contributed by atoms with van der Waals surface area (Å²) in [5, 5.41) is 10.7. The lowest BCUT2D eigenvalue weighted by Crippen LogP contribution is -2.36. The third kappa shape index (κ3) is 2.11. The molecule has 4 heteroatoms. The molecular formula is C15H11ClO3. The van der Waals surface area contributed by atoms with E-state index < -0.39 is 12.2 Å². The van der Waals surface area contributed by atoms with Crippen LogP contribution in [-0.2, 0) is 0 Å². The second-order valence-corrected chi connectivity index (χ2v) is 4.84. The highest BCUT2D eigenvalue weighted by Crippen LogP contribution is 2.35. The molecule has 0 bridgehead atoms. The van der Waals surface area contributed by atoms with Crippen LogP contribution in [0.5, 0.6) is 5.75 Å². The Morgan fingerprint density at radius 1 is 1.11 bits per heavy atom. The van der Waals surface area contributed by atoms with Gasteiger partial charge in [-0.2, -0.15) is 0 Å². The SMILES string of the molecule is O=C1c2ccccc2O[C@H](c2cccc(Cl)c2)[C@H]1O. The molecule has 3 rings (SSSR count). The van der Waals surface area contributed by atoms with E-state index >= 15 is 0 Å². The van der Waals surface area contributed by atoms with Crippen LogP contribution in [0.2, 0.25) is 5.02 Å². The Morgan fingerprint density at radius 2 is 1.89 bits per heavy atom. The largest absolute Gasteiger partial charge is 0.482 e. The summed E-state index contributed by atoms with van der Waals surface area (Å²) in [7, 11) is 0. The smallest absolute Gasteiger partial charge is 0.199 e. The van der Waals surface area contributed by atoms with Gasteiger partial charge in [0, 0.05) is 5.02 Å². The number of rotatable bonds is 1. The van der Waals surface area contributed by atoms with Crippen LogP contribution < -0.4 is 4.74 Å². The maximum atomic E-state index is 12.1. The van der Waals surface area contributed by atoms with Crippen molar-refractivity contribution in [1.82, 2.24) is 0 Å². The van der Waals surface area contributed by atoms with Gasteiger partial charge >= 0.3 is 0 Å². The Bertz CT molecular complexity index is 639. The van der Waals surface area contributed by atoms with Gasteiger partial charge in [-0.15, -0.1) is 0 Å². The number of hydrogen-bond acceptors (Lipinski definition) is 3. The highest BCUT2D eigenvalue weighted by Gasteiger charge is 2.36. The third-order valence-corrected chi connectivity index (χ3v) is 3.37. The maximum absolute atomic E-state index is 12.1. The Hall–Kier alpha value is -1.84. The van der Waals surface area contributed by atoms with Crippen molar-refractivity contribution in [3.8, 4) is 5.75 Å². The lowest BCUT2D eigenvalue weighted by atomic mass is 9.94. The van der Waals surface area contributed by atoms with E-state index in [9.17, 15) is 9.90 Å². The van der Waals surface area contributed by atoms with Crippen molar-refractivity contribution < 1.29 is 14.6 Å². The minimum atomic E-state index is -1.21. The predicted octanol–water partition coefficient (Wildman–Crippen LogP) is 3.02. The summed E-state index contributed by atoms with van der Waals surface area (Å²) < 4.78 is 5.73. The van der Waals surface area contributed by atoms with Crippen molar-refractivity contribution in [3.63, 3.8) is 0 Å². The number of Topliss-reactive ketones (excluding diaryl/α,β-unsaturated/α-hetero) is 1. The number of ketones is 1. The van der Waals surface area contributed by atoms with Crippen LogP contribution in [0.1, 0.15) is 22.0 Å². The normalized spacial score (nSPS) is 21.7. The standard InChI is InChI=1S/C15H11ClO3/c16-10-5-3-4-9(8-10)15-14(18)13(17)11-6-1-2-7-12(11)19-15/h1-8,14-15,18H/t14-,15+/m0/s1. The molecule has 0 aliphatic carbocycles. The second kappa shape index (κ2) is 4.68. The number of ether oxygens (including phenoxy) is 1. The van der Waals surface area contributed by atoms with Gasteiger partial charge in [-0.3, -0.25) is 4.79 Å². The molecular weight excluding hydrogens is 264 g/mol. The Morgan fingerprint density at radius 3 is 2.68 bits per heavy atom. The first-order valence-corrected chi connectivity index (χ1v) is 6.28. The molecule has 1 N–H and O–H groups in total. The van der Waals surface area contributed by atoms with Gasteiger partial charge in [0.25, 0.3) is 0 Å². The molecule has 0 unspecified atom stereocenters. The molecule has 2 aromatic carbocycles. The van der Waals surface area contributed by atoms with E-state index in [0.29, 0.717) is 21.9 Å². The summed E-state index contributed by atoms with van der Waals surface area (Å²) in [6.45, 7) is 0. The molecule has 3 nitrogen and oxygen atoms in total. The van der Waals surface area contributed by atoms with Crippen LogP contribution in [0.25, 0.3) is 0 Å². The van der Waals surface area contributed by atoms with Crippen molar-refractivity contribution in [1.29, 1.82) is 0 Å². The minimum Gasteiger partial charge on any atom is -0.482 e. The van der Waals surface area contributed by atoms with E-state index in [0.717, 1.165) is 0 Å². The molecule has 1 heterocycles. The summed E-state index contributed by atoms with van der Waals surface area (Å²) in [5.74, 6) is 0.162. The minimum absolute atomic E-state index is 0.327. The Labute approximate surface area is 115 Å². The second-order valence-electron chi connectivity index (χ2n) is 4.40. The van der Waals surface area contributed by atoms with Crippen LogP contribution in [0.15, 0.2) is 48.5 Å². The van der Waals surface area contributed by atoms with E-state index in [1.165, 1.54) is 0 Å². The summed E-state index contributed by atoms with van der Waals surface area (Å²) in [6.07, 6.45) is -1.94. The summed E-state index contributed by atoms with van der Waals surface area (Å²) in [4.78, 5) is 12.1. The lowest BCUT2D eigenvalue weighted by Gasteiger charge is -2.29. The highest BCUT2D eigenvalue weighted by molar-refractivity contribution is 6.30. The number of halogens is 1. The number of aliphatic hydroxyl groups is 1. The van der Waals surface area contributed by atoms with Gasteiger partial charge in [-0.25, -0.2) is 0 Å². The molecule has 96 valence electrons. The summed E-state index contributed by atoms with van der Waals surface area (Å²) in [6, 6.07) is 13.9. The van der Waals surface area contributed by atoms with Gasteiger partial charge in [-0.05, 0) is 29.8 Å². The molecule has 0 saturated heterocycles. The molecule has 1 aliphatic rings. The first-order chi connectivity index (χ1) is 9.16. The van der Waals surface area contributed by atoms with Crippen LogP contribution in [0.3, 0.4) is 0 Å². The Balaban J connectivity index is 2.04. The van der Waals surface area contributed by atoms with Gasteiger partial charge in [0.2, 0.25) is 0 Å². The molecule has 0 saturated carbocycles. The molecule has 0 spiro atoms. The van der Waals surface area contributed by atoms with Crippen LogP contribution in [0.4, 0.5) is 0 Å². The average Bonchev–Trinajstić information content (AvgIpc) is 2.43. The zero-order valence-corrected chi connectivity index (χ0v) is 10.7. The van der Waals surface area contributed by atoms with Crippen molar-refractivity contribution in [2.75, 3.05) is 0 Å². The van der Waals surface area contributed by atoms with Gasteiger partial charge < -0.3 is 9.84 Å². The fourth-order valence-corrected chi connectivity index (χ4v) is 2.40. The zero-order valence-electron chi connectivity index (χ0n) is 9.92. The van der Waals surface area contributed by atoms with Crippen molar-refractivity contribution in [3.05, 3.63) is 64.7 Å². The number of para-hydroxylation sites is 1. The number of benzene rings is 2. The maximum Gasteiger partial charge on any atom is 0.199 e. The van der Waals surface area contributed by atoms with Crippen LogP contribution >= 0.6 is 11.6 Å². The predicted molar refractivity (Wildman–Crippen MR) is 71.6 cm³/mol. The van der Waals surface area contributed by atoms with Gasteiger partial charge in [0.1, 0.15) is 5.75 Å². The summed E-state index contributed by atoms with van der Waals surface area (Å²) in [5.41, 5.74) is 1.09. The highest BCUT2D eigenvalue weighted by atomic mass is 35.5. The molecule has 19 heavy (non-hydrogen) atoms. The summed E-state index contributed by atoms with van der Waals surface area (Å²) >= 11 is 5.93. The topological polar surface area (TPSA) is 46.5 Å². The Kier molecular flexibility index (Phi) is 3.01. The van der Waals surface area contributed by atoms with Crippen molar-refractivity contribution in [2.24, 2.45) is 0 Å². The van der Waals surface area contributed by atoms with Crippen molar-refractivity contribution in [2.45, 2.75) is 12.2 Å². The fourth-order valence-electron chi connectivity index (χ4n) is 2.20. The van der Waals surface area contributed by atoms with E-state index in [1.807, 2.05) is 0 Å². The number of fused-ring (bicyclic) bond motifs is 1. The van der Waals surface area contributed by atoms with Gasteiger partial charge in [-0.1, -0.05) is 35.9 Å². The molecule has 1 aliphatic heterocycles. The first-order valence-electron chi connectivity index (χ1n) is 5.90. The van der Waals surface area contributed by atoms with Crippen molar-refractivity contribution >= 4 is 17.4 Å². The molecule has 2 aromatic rings. The molecule has 0 radical (unpaired) electrons. The molecule has 0 amide bonds. The number of carbonyl (C=O) groups is 1. The number of hydrogen-bond donors (Lipinski definition) is 1. The zero-order chi connectivity index (χ0) is 13.4. The molecule has 0 aromatic heterocycles. The average molecular weight is 275 g/mol. The van der Waals surface area contributed by atoms with E-state index in [1.54, 1.807) is 48.5 Å². The quantitative estimate of drug-likeness (QED) is 0.869. The number of aliphatic hydroxyl groups excluding tert-OH is 1. The molecule has 0 fully saturated rings. The first kappa shape index (κ1) is 12.2. The monoisotopic (exact) mass is 274 g/mol. The number of carbonyl (C=O) groups excluding carboxylic acids is 1. The van der Waals surface area contributed by atoms with Crippen LogP contribution in [0, 0.1) is 0 Å².